The average molecular weight is 304 g/mol. The fourth-order valence-electron chi connectivity index (χ4n) is 2.23. The van der Waals surface area contributed by atoms with Gasteiger partial charge in [-0.25, -0.2) is 8.78 Å². The normalized spacial score (nSPS) is 15.0. The number of hydrogen-bond donors (Lipinski definition) is 1. The van der Waals surface area contributed by atoms with Crippen molar-refractivity contribution in [2.75, 3.05) is 13.2 Å². The molecular weight excluding hydrogens is 288 g/mol. The van der Waals surface area contributed by atoms with Gasteiger partial charge in [-0.3, -0.25) is 4.79 Å². The summed E-state index contributed by atoms with van der Waals surface area (Å²) in [4.78, 5) is 14.0. The van der Waals surface area contributed by atoms with Crippen molar-refractivity contribution in [1.29, 1.82) is 0 Å². The van der Waals surface area contributed by atoms with Gasteiger partial charge in [0.1, 0.15) is 0 Å². The smallest absolute Gasteiger partial charge is 0.255 e. The van der Waals surface area contributed by atoms with E-state index in [-0.39, 0.29) is 23.2 Å². The van der Waals surface area contributed by atoms with Gasteiger partial charge >= 0.3 is 0 Å². The van der Waals surface area contributed by atoms with E-state index in [2.05, 4.69) is 0 Å². The van der Waals surface area contributed by atoms with E-state index in [1.807, 2.05) is 0 Å². The Balaban J connectivity index is 2.24. The molecule has 1 aromatic rings. The van der Waals surface area contributed by atoms with Gasteiger partial charge in [-0.2, -0.15) is 0 Å². The van der Waals surface area contributed by atoms with Crippen molar-refractivity contribution in [3.05, 3.63) is 34.4 Å². The van der Waals surface area contributed by atoms with Crippen LogP contribution in [0.3, 0.4) is 0 Å². The predicted octanol–water partition coefficient (Wildman–Crippen LogP) is 3.00. The lowest BCUT2D eigenvalue weighted by atomic mass is 9.90. The van der Waals surface area contributed by atoms with Crippen LogP contribution < -0.4 is 0 Å². The maximum Gasteiger partial charge on any atom is 0.255 e. The van der Waals surface area contributed by atoms with Crippen molar-refractivity contribution in [2.24, 2.45) is 0 Å². The van der Waals surface area contributed by atoms with E-state index in [1.54, 1.807) is 4.90 Å². The third-order valence-corrected chi connectivity index (χ3v) is 3.89. The Labute approximate surface area is 121 Å². The molecule has 0 aromatic heterocycles. The first kappa shape index (κ1) is 15.2. The number of amides is 1. The molecule has 1 saturated carbocycles. The van der Waals surface area contributed by atoms with Crippen LogP contribution in [0.5, 0.6) is 0 Å². The van der Waals surface area contributed by atoms with E-state index in [1.165, 1.54) is 0 Å². The molecule has 0 bridgehead atoms. The number of carbonyl (C=O) groups excluding carboxylic acids is 1. The predicted molar refractivity (Wildman–Crippen MR) is 71.7 cm³/mol. The van der Waals surface area contributed by atoms with Gasteiger partial charge in [-0.1, -0.05) is 11.6 Å². The molecule has 1 amide bonds. The highest BCUT2D eigenvalue weighted by Crippen LogP contribution is 2.29. The van der Waals surface area contributed by atoms with Gasteiger partial charge in [-0.15, -0.1) is 0 Å². The summed E-state index contributed by atoms with van der Waals surface area (Å²) in [5.74, 6) is -2.57. The Bertz CT molecular complexity index is 506. The number of nitrogens with zero attached hydrogens (tertiary/aromatic N) is 1. The number of benzene rings is 1. The van der Waals surface area contributed by atoms with Crippen molar-refractivity contribution < 1.29 is 18.7 Å². The Morgan fingerprint density at radius 2 is 2.00 bits per heavy atom. The molecule has 0 heterocycles. The van der Waals surface area contributed by atoms with Crippen LogP contribution in [0.15, 0.2) is 12.1 Å². The third-order valence-electron chi connectivity index (χ3n) is 3.57. The molecule has 0 aliphatic heterocycles. The molecule has 1 fully saturated rings. The second-order valence-electron chi connectivity index (χ2n) is 4.91. The van der Waals surface area contributed by atoms with E-state index in [4.69, 9.17) is 16.7 Å². The molecule has 0 unspecified atom stereocenters. The minimum Gasteiger partial charge on any atom is -0.396 e. The fraction of sp³-hybridized carbons (Fsp3) is 0.500. The van der Waals surface area contributed by atoms with E-state index in [0.717, 1.165) is 31.4 Å². The monoisotopic (exact) mass is 303 g/mol. The molecule has 0 spiro atoms. The summed E-state index contributed by atoms with van der Waals surface area (Å²) in [6, 6.07) is 1.75. The standard InChI is InChI=1S/C14H16ClF2NO2/c15-11-8-13(17)12(16)7-10(11)14(20)18(5-2-6-19)9-3-1-4-9/h7-9,19H,1-6H2. The molecule has 0 saturated heterocycles. The van der Waals surface area contributed by atoms with E-state index >= 15 is 0 Å². The second kappa shape index (κ2) is 6.50. The van der Waals surface area contributed by atoms with Crippen LogP contribution >= 0.6 is 11.6 Å². The summed E-state index contributed by atoms with van der Waals surface area (Å²) in [5, 5.41) is 8.81. The second-order valence-corrected chi connectivity index (χ2v) is 5.31. The van der Waals surface area contributed by atoms with Crippen molar-refractivity contribution in [3.63, 3.8) is 0 Å². The van der Waals surface area contributed by atoms with Crippen LogP contribution in [0.1, 0.15) is 36.0 Å². The first-order valence-corrected chi connectivity index (χ1v) is 6.98. The lowest BCUT2D eigenvalue weighted by Crippen LogP contribution is -2.45. The van der Waals surface area contributed by atoms with Gasteiger partial charge in [0, 0.05) is 19.2 Å². The van der Waals surface area contributed by atoms with E-state index in [9.17, 15) is 13.6 Å². The fourth-order valence-corrected chi connectivity index (χ4v) is 2.46. The molecule has 1 aliphatic rings. The molecule has 2 rings (SSSR count). The lowest BCUT2D eigenvalue weighted by Gasteiger charge is -2.37. The maximum atomic E-state index is 13.3. The molecule has 0 radical (unpaired) electrons. The third kappa shape index (κ3) is 3.10. The summed E-state index contributed by atoms with van der Waals surface area (Å²) >= 11 is 5.84. The molecule has 0 atom stereocenters. The van der Waals surface area contributed by atoms with Gasteiger partial charge < -0.3 is 10.0 Å². The summed E-state index contributed by atoms with van der Waals surface area (Å²) < 4.78 is 26.3. The zero-order valence-electron chi connectivity index (χ0n) is 10.9. The lowest BCUT2D eigenvalue weighted by molar-refractivity contribution is 0.0562. The quantitative estimate of drug-likeness (QED) is 0.850. The van der Waals surface area contributed by atoms with Gasteiger partial charge in [0.05, 0.1) is 10.6 Å². The first-order valence-electron chi connectivity index (χ1n) is 6.61. The largest absolute Gasteiger partial charge is 0.396 e. The molecule has 1 aromatic carbocycles. The topological polar surface area (TPSA) is 40.5 Å². The molecule has 6 heteroatoms. The van der Waals surface area contributed by atoms with Crippen LogP contribution in [0, 0.1) is 11.6 Å². The Morgan fingerprint density at radius 3 is 2.55 bits per heavy atom. The molecular formula is C14H16ClF2NO2. The summed E-state index contributed by atoms with van der Waals surface area (Å²) in [6.45, 7) is 0.358. The zero-order chi connectivity index (χ0) is 14.7. The highest BCUT2D eigenvalue weighted by molar-refractivity contribution is 6.33. The Kier molecular flexibility index (Phi) is 4.94. The summed E-state index contributed by atoms with van der Waals surface area (Å²) in [7, 11) is 0. The van der Waals surface area contributed by atoms with Crippen molar-refractivity contribution in [1.82, 2.24) is 4.90 Å². The minimum absolute atomic E-state index is 0.0258. The number of aliphatic hydroxyl groups excluding tert-OH is 1. The number of carbonyl (C=O) groups is 1. The minimum atomic E-state index is -1.09. The molecule has 110 valence electrons. The van der Waals surface area contributed by atoms with Crippen LogP contribution in [-0.2, 0) is 0 Å². The van der Waals surface area contributed by atoms with Gasteiger partial charge in [0.2, 0.25) is 0 Å². The van der Waals surface area contributed by atoms with Gasteiger partial charge in [0.15, 0.2) is 11.6 Å². The maximum absolute atomic E-state index is 13.3. The van der Waals surface area contributed by atoms with Crippen LogP contribution in [0.4, 0.5) is 8.78 Å². The molecule has 20 heavy (non-hydrogen) atoms. The number of rotatable bonds is 5. The van der Waals surface area contributed by atoms with Crippen LogP contribution in [0.2, 0.25) is 5.02 Å². The van der Waals surface area contributed by atoms with E-state index < -0.39 is 17.5 Å². The summed E-state index contributed by atoms with van der Waals surface area (Å²) in [6.07, 6.45) is 3.26. The molecule has 3 nitrogen and oxygen atoms in total. The van der Waals surface area contributed by atoms with Crippen molar-refractivity contribution in [2.45, 2.75) is 31.7 Å². The molecule has 1 aliphatic carbocycles. The average Bonchev–Trinajstić information content (AvgIpc) is 2.35. The first-order chi connectivity index (χ1) is 9.54. The highest BCUT2D eigenvalue weighted by atomic mass is 35.5. The SMILES string of the molecule is O=C(c1cc(F)c(F)cc1Cl)N(CCCO)C1CCC1. The van der Waals surface area contributed by atoms with Crippen LogP contribution in [-0.4, -0.2) is 35.1 Å². The van der Waals surface area contributed by atoms with Gasteiger partial charge in [0.25, 0.3) is 5.91 Å². The van der Waals surface area contributed by atoms with Crippen LogP contribution in [0.25, 0.3) is 0 Å². The summed E-state index contributed by atoms with van der Waals surface area (Å²) in [5.41, 5.74) is -0.0320. The number of aliphatic hydroxyl groups is 1. The van der Waals surface area contributed by atoms with Crippen molar-refractivity contribution in [3.8, 4) is 0 Å². The number of halogens is 3. The molecule has 1 N–H and O–H groups in total. The zero-order valence-corrected chi connectivity index (χ0v) is 11.7. The van der Waals surface area contributed by atoms with E-state index in [0.29, 0.717) is 13.0 Å². The number of hydrogen-bond acceptors (Lipinski definition) is 2. The highest BCUT2D eigenvalue weighted by Gasteiger charge is 2.30. The van der Waals surface area contributed by atoms with Crippen molar-refractivity contribution >= 4 is 17.5 Å². The Morgan fingerprint density at radius 1 is 1.35 bits per heavy atom. The van der Waals surface area contributed by atoms with Gasteiger partial charge in [-0.05, 0) is 37.8 Å². The Hall–Kier alpha value is -1.20.